The molecule has 0 bridgehead atoms. The van der Waals surface area contributed by atoms with Crippen LogP contribution in [-0.2, 0) is 20.7 Å². The lowest BCUT2D eigenvalue weighted by Crippen LogP contribution is -2.33. The second-order valence-electron chi connectivity index (χ2n) is 7.90. The number of hydrogen-bond donors (Lipinski definition) is 5. The number of fused-ring (bicyclic) bond motifs is 1. The molecule has 176 valence electrons. The third-order valence-electron chi connectivity index (χ3n) is 5.21. The van der Waals surface area contributed by atoms with Crippen molar-refractivity contribution < 1.29 is 24.5 Å². The Hall–Kier alpha value is -2.23. The van der Waals surface area contributed by atoms with E-state index in [9.17, 15) is 4.79 Å². The van der Waals surface area contributed by atoms with Gasteiger partial charge < -0.3 is 31.3 Å². The number of carbonyl (C=O) groups is 2. The fourth-order valence-electron chi connectivity index (χ4n) is 3.43. The summed E-state index contributed by atoms with van der Waals surface area (Å²) in [5.74, 6) is -0.399. The Morgan fingerprint density at radius 2 is 2.00 bits per heavy atom. The van der Waals surface area contributed by atoms with Crippen LogP contribution in [0.1, 0.15) is 63.1 Å². The van der Waals surface area contributed by atoms with E-state index in [4.69, 9.17) is 30.5 Å². The summed E-state index contributed by atoms with van der Waals surface area (Å²) in [4.78, 5) is 24.6. The zero-order chi connectivity index (χ0) is 23.2. The molecule has 9 nitrogen and oxygen atoms in total. The highest BCUT2D eigenvalue weighted by atomic mass is 16.5. The maximum Gasteiger partial charge on any atom is 0.320 e. The van der Waals surface area contributed by atoms with Crippen LogP contribution < -0.4 is 16.4 Å². The SMILES string of the molecule is CC(=O)O.COC(C)CC(CCCNCCC(N)C(=O)O)c1ccc2c(n1)NCCC2. The molecule has 0 fully saturated rings. The fraction of sp³-hybridized carbons (Fsp3) is 0.682. The van der Waals surface area contributed by atoms with Crippen LogP contribution in [0.2, 0.25) is 0 Å². The van der Waals surface area contributed by atoms with Gasteiger partial charge in [-0.3, -0.25) is 9.59 Å². The Bertz CT molecular complexity index is 682. The maximum atomic E-state index is 10.7. The van der Waals surface area contributed by atoms with Gasteiger partial charge in [0.05, 0.1) is 6.10 Å². The number of aliphatic carboxylic acids is 2. The van der Waals surface area contributed by atoms with Gasteiger partial charge >= 0.3 is 5.97 Å². The van der Waals surface area contributed by atoms with E-state index < -0.39 is 18.0 Å². The van der Waals surface area contributed by atoms with Crippen molar-refractivity contribution in [1.82, 2.24) is 10.3 Å². The number of ether oxygens (including phenoxy) is 1. The van der Waals surface area contributed by atoms with Crippen LogP contribution in [0.15, 0.2) is 12.1 Å². The highest BCUT2D eigenvalue weighted by Crippen LogP contribution is 2.29. The van der Waals surface area contributed by atoms with E-state index in [1.54, 1.807) is 7.11 Å². The van der Waals surface area contributed by atoms with Crippen molar-refractivity contribution in [2.75, 3.05) is 32.1 Å². The van der Waals surface area contributed by atoms with Crippen molar-refractivity contribution in [2.45, 2.75) is 70.4 Å². The van der Waals surface area contributed by atoms with Crippen LogP contribution in [0.5, 0.6) is 0 Å². The van der Waals surface area contributed by atoms with E-state index >= 15 is 0 Å². The molecule has 3 atom stereocenters. The molecule has 6 N–H and O–H groups in total. The van der Waals surface area contributed by atoms with Crippen LogP contribution in [-0.4, -0.2) is 66.0 Å². The van der Waals surface area contributed by atoms with Gasteiger partial charge in [-0.2, -0.15) is 0 Å². The highest BCUT2D eigenvalue weighted by Gasteiger charge is 2.19. The van der Waals surface area contributed by atoms with E-state index in [1.807, 2.05) is 0 Å². The van der Waals surface area contributed by atoms with Gasteiger partial charge in [0.15, 0.2) is 0 Å². The molecule has 31 heavy (non-hydrogen) atoms. The summed E-state index contributed by atoms with van der Waals surface area (Å²) in [7, 11) is 1.75. The Labute approximate surface area is 184 Å². The van der Waals surface area contributed by atoms with Crippen molar-refractivity contribution in [2.24, 2.45) is 5.73 Å². The summed E-state index contributed by atoms with van der Waals surface area (Å²) in [6, 6.07) is 3.58. The molecule has 0 saturated carbocycles. The number of rotatable bonds is 12. The standard InChI is InChI=1S/C20H34N4O3.C2H4O2/c1-14(27-2)13-16(6-3-10-22-12-9-17(21)20(25)26)18-8-7-15-5-4-11-23-19(15)24-18;1-2(3)4/h7-8,14,16-17,22H,3-6,9-13,21H2,1-2H3,(H,23,24)(H,25,26);1H3,(H,3,4). The lowest BCUT2D eigenvalue weighted by atomic mass is 9.92. The lowest BCUT2D eigenvalue weighted by Gasteiger charge is -2.23. The molecule has 3 unspecified atom stereocenters. The second-order valence-corrected chi connectivity index (χ2v) is 7.90. The summed E-state index contributed by atoms with van der Waals surface area (Å²) >= 11 is 0. The van der Waals surface area contributed by atoms with Crippen LogP contribution >= 0.6 is 0 Å². The minimum Gasteiger partial charge on any atom is -0.481 e. The molecule has 0 amide bonds. The first-order valence-electron chi connectivity index (χ1n) is 10.9. The third-order valence-corrected chi connectivity index (χ3v) is 5.21. The Kier molecular flexibility index (Phi) is 12.7. The molecule has 0 aliphatic carbocycles. The Morgan fingerprint density at radius 3 is 2.65 bits per heavy atom. The zero-order valence-corrected chi connectivity index (χ0v) is 18.9. The summed E-state index contributed by atoms with van der Waals surface area (Å²) in [5.41, 5.74) is 7.94. The molecule has 0 aromatic carbocycles. The fourth-order valence-corrected chi connectivity index (χ4v) is 3.43. The predicted octanol–water partition coefficient (Wildman–Crippen LogP) is 2.21. The minimum absolute atomic E-state index is 0.183. The average Bonchev–Trinajstić information content (AvgIpc) is 2.74. The highest BCUT2D eigenvalue weighted by molar-refractivity contribution is 5.72. The van der Waals surface area contributed by atoms with E-state index in [0.29, 0.717) is 18.9 Å². The minimum atomic E-state index is -0.947. The van der Waals surface area contributed by atoms with E-state index in [0.717, 1.165) is 63.6 Å². The largest absolute Gasteiger partial charge is 0.481 e. The number of nitrogens with one attached hydrogen (secondary N) is 2. The van der Waals surface area contributed by atoms with Crippen molar-refractivity contribution in [3.63, 3.8) is 0 Å². The third kappa shape index (κ3) is 11.1. The lowest BCUT2D eigenvalue weighted by molar-refractivity contribution is -0.138. The molecule has 0 spiro atoms. The number of pyridine rings is 1. The zero-order valence-electron chi connectivity index (χ0n) is 18.9. The number of aromatic nitrogens is 1. The molecule has 1 aromatic rings. The van der Waals surface area contributed by atoms with Gasteiger partial charge in [-0.15, -0.1) is 0 Å². The number of carboxylic acid groups (broad SMARTS) is 2. The van der Waals surface area contributed by atoms with Gasteiger partial charge in [-0.05, 0) is 70.2 Å². The number of nitrogens with two attached hydrogens (primary N) is 1. The number of hydrogen-bond acceptors (Lipinski definition) is 7. The molecule has 0 radical (unpaired) electrons. The van der Waals surface area contributed by atoms with Crippen molar-refractivity contribution in [1.29, 1.82) is 0 Å². The monoisotopic (exact) mass is 438 g/mol. The van der Waals surface area contributed by atoms with Crippen molar-refractivity contribution in [3.8, 4) is 0 Å². The Morgan fingerprint density at radius 1 is 1.29 bits per heavy atom. The smallest absolute Gasteiger partial charge is 0.320 e. The van der Waals surface area contributed by atoms with Gasteiger partial charge in [-0.25, -0.2) is 4.98 Å². The van der Waals surface area contributed by atoms with Crippen LogP contribution in [0.25, 0.3) is 0 Å². The quantitative estimate of drug-likeness (QED) is 0.310. The first-order valence-corrected chi connectivity index (χ1v) is 10.9. The number of methoxy groups -OCH3 is 1. The van der Waals surface area contributed by atoms with Crippen LogP contribution in [0, 0.1) is 0 Å². The Balaban J connectivity index is 0.00000110. The summed E-state index contributed by atoms with van der Waals surface area (Å²) in [6.07, 6.45) is 5.82. The molecule has 2 rings (SSSR count). The molecular weight excluding hydrogens is 400 g/mol. The van der Waals surface area contributed by atoms with Crippen molar-refractivity contribution >= 4 is 17.8 Å². The molecule has 1 aliphatic heterocycles. The van der Waals surface area contributed by atoms with E-state index in [1.165, 1.54) is 5.56 Å². The van der Waals surface area contributed by atoms with Gasteiger partial charge in [0.2, 0.25) is 0 Å². The molecule has 2 heterocycles. The van der Waals surface area contributed by atoms with Gasteiger partial charge in [0, 0.05) is 32.2 Å². The molecule has 1 aromatic heterocycles. The molecular formula is C22H38N4O5. The van der Waals surface area contributed by atoms with Gasteiger partial charge in [0.25, 0.3) is 5.97 Å². The molecule has 0 saturated heterocycles. The first kappa shape index (κ1) is 26.8. The van der Waals surface area contributed by atoms with Gasteiger partial charge in [-0.1, -0.05) is 6.07 Å². The van der Waals surface area contributed by atoms with E-state index in [2.05, 4.69) is 29.7 Å². The number of anilines is 1. The van der Waals surface area contributed by atoms with Gasteiger partial charge in [0.1, 0.15) is 11.9 Å². The number of carboxylic acids is 2. The predicted molar refractivity (Wildman–Crippen MR) is 121 cm³/mol. The first-order chi connectivity index (χ1) is 14.7. The number of nitrogens with zero attached hydrogens (tertiary/aromatic N) is 1. The van der Waals surface area contributed by atoms with E-state index in [-0.39, 0.29) is 6.10 Å². The summed E-state index contributed by atoms with van der Waals surface area (Å²) in [5, 5.41) is 22.9. The maximum absolute atomic E-state index is 10.7. The average molecular weight is 439 g/mol. The topological polar surface area (TPSA) is 147 Å². The second kappa shape index (κ2) is 14.7. The summed E-state index contributed by atoms with van der Waals surface area (Å²) in [6.45, 7) is 5.63. The summed E-state index contributed by atoms with van der Waals surface area (Å²) < 4.78 is 5.48. The normalized spacial score (nSPS) is 15.5. The molecule has 1 aliphatic rings. The van der Waals surface area contributed by atoms with Crippen LogP contribution in [0.4, 0.5) is 5.82 Å². The number of aryl methyl sites for hydroxylation is 1. The molecule has 9 heteroatoms. The van der Waals surface area contributed by atoms with Crippen molar-refractivity contribution in [3.05, 3.63) is 23.4 Å². The van der Waals surface area contributed by atoms with Crippen LogP contribution in [0.3, 0.4) is 0 Å².